The second-order valence-corrected chi connectivity index (χ2v) is 6.39. The number of nitrogens with zero attached hydrogens (tertiary/aromatic N) is 2. The molecule has 17 heavy (non-hydrogen) atoms. The lowest BCUT2D eigenvalue weighted by molar-refractivity contribution is 0.0905. The van der Waals surface area contributed by atoms with Crippen molar-refractivity contribution in [2.75, 3.05) is 18.9 Å². The smallest absolute Gasteiger partial charge is 0.216 e. The lowest BCUT2D eigenvalue weighted by Gasteiger charge is -2.25. The molecule has 0 fully saturated rings. The largest absolute Gasteiger partial charge is 0.378 e. The zero-order chi connectivity index (χ0) is 13.5. The van der Waals surface area contributed by atoms with Crippen molar-refractivity contribution in [2.45, 2.75) is 46.3 Å². The Bertz CT molecular complexity index is 344. The summed E-state index contributed by atoms with van der Waals surface area (Å²) in [5, 5.41) is 8.52. The summed E-state index contributed by atoms with van der Waals surface area (Å²) in [4.78, 5) is 0. The number of nitriles is 1. The van der Waals surface area contributed by atoms with Crippen LogP contribution in [0.25, 0.3) is 0 Å². The van der Waals surface area contributed by atoms with Crippen LogP contribution in [0.3, 0.4) is 0 Å². The van der Waals surface area contributed by atoms with Crippen molar-refractivity contribution in [3.8, 4) is 6.07 Å². The first-order valence-electron chi connectivity index (χ1n) is 5.79. The Hall–Kier alpha value is -0.640. The molecule has 0 aromatic carbocycles. The van der Waals surface area contributed by atoms with Gasteiger partial charge in [-0.2, -0.15) is 9.57 Å². The summed E-state index contributed by atoms with van der Waals surface area (Å²) < 4.78 is 30.6. The second-order valence-electron chi connectivity index (χ2n) is 4.35. The van der Waals surface area contributed by atoms with E-state index in [0.29, 0.717) is 0 Å². The Morgan fingerprint density at radius 2 is 1.88 bits per heavy atom. The second kappa shape index (κ2) is 7.64. The van der Waals surface area contributed by atoms with Gasteiger partial charge in [0.25, 0.3) is 0 Å². The quantitative estimate of drug-likeness (QED) is 0.662. The van der Waals surface area contributed by atoms with Gasteiger partial charge >= 0.3 is 0 Å². The maximum atomic E-state index is 12.0. The molecule has 5 nitrogen and oxygen atoms in total. The average Bonchev–Trinajstić information content (AvgIpc) is 2.16. The number of ether oxygens (including phenoxy) is 1. The van der Waals surface area contributed by atoms with Crippen molar-refractivity contribution in [3.63, 3.8) is 0 Å². The highest BCUT2D eigenvalue weighted by atomic mass is 32.2. The highest BCUT2D eigenvalue weighted by Crippen LogP contribution is 2.08. The van der Waals surface area contributed by atoms with Crippen LogP contribution >= 0.6 is 0 Å². The Kier molecular flexibility index (Phi) is 7.35. The van der Waals surface area contributed by atoms with Gasteiger partial charge in [0.2, 0.25) is 10.0 Å². The molecule has 0 heterocycles. The molecule has 0 saturated heterocycles. The first-order valence-corrected chi connectivity index (χ1v) is 7.40. The van der Waals surface area contributed by atoms with Crippen molar-refractivity contribution in [1.82, 2.24) is 4.31 Å². The molecule has 0 atom stereocenters. The maximum absolute atomic E-state index is 12.0. The first-order chi connectivity index (χ1) is 7.81. The molecular formula is C11H22N2O3S. The van der Waals surface area contributed by atoms with E-state index in [0.717, 1.165) is 0 Å². The zero-order valence-corrected chi connectivity index (χ0v) is 11.8. The third-order valence-corrected chi connectivity index (χ3v) is 4.17. The summed E-state index contributed by atoms with van der Waals surface area (Å²) in [6, 6.07) is 1.83. The van der Waals surface area contributed by atoms with E-state index in [9.17, 15) is 8.42 Å². The van der Waals surface area contributed by atoms with Crippen LogP contribution in [0, 0.1) is 11.3 Å². The molecular weight excluding hydrogens is 240 g/mol. The monoisotopic (exact) mass is 262 g/mol. The molecule has 0 radical (unpaired) electrons. The van der Waals surface area contributed by atoms with E-state index in [2.05, 4.69) is 0 Å². The zero-order valence-electron chi connectivity index (χ0n) is 11.0. The van der Waals surface area contributed by atoms with E-state index >= 15 is 0 Å². The lowest BCUT2D eigenvalue weighted by Crippen LogP contribution is -2.40. The Morgan fingerprint density at radius 1 is 1.29 bits per heavy atom. The maximum Gasteiger partial charge on any atom is 0.216 e. The molecule has 0 unspecified atom stereocenters. The van der Waals surface area contributed by atoms with E-state index in [1.54, 1.807) is 13.8 Å². The summed E-state index contributed by atoms with van der Waals surface area (Å²) in [5.74, 6) is -0.0329. The molecule has 0 rings (SSSR count). The van der Waals surface area contributed by atoms with Crippen molar-refractivity contribution in [1.29, 1.82) is 5.26 Å². The van der Waals surface area contributed by atoms with Crippen molar-refractivity contribution < 1.29 is 13.2 Å². The van der Waals surface area contributed by atoms with E-state index < -0.39 is 10.0 Å². The highest BCUT2D eigenvalue weighted by Gasteiger charge is 2.24. The minimum Gasteiger partial charge on any atom is -0.378 e. The van der Waals surface area contributed by atoms with Crippen LogP contribution in [0.1, 0.15) is 34.1 Å². The summed E-state index contributed by atoms with van der Waals surface area (Å²) in [6.07, 6.45) is 0.236. The molecule has 0 bridgehead atoms. The third kappa shape index (κ3) is 6.61. The van der Waals surface area contributed by atoms with Gasteiger partial charge in [-0.1, -0.05) is 0 Å². The molecule has 0 N–H and O–H groups in total. The highest BCUT2D eigenvalue weighted by molar-refractivity contribution is 7.89. The fraction of sp³-hybridized carbons (Fsp3) is 0.909. The summed E-state index contributed by atoms with van der Waals surface area (Å²) >= 11 is 0. The minimum absolute atomic E-state index is 0.0248. The molecule has 0 aliphatic carbocycles. The normalized spacial score (nSPS) is 12.4. The fourth-order valence-electron chi connectivity index (χ4n) is 1.39. The van der Waals surface area contributed by atoms with E-state index in [4.69, 9.17) is 10.00 Å². The molecule has 0 aromatic heterocycles. The molecule has 100 valence electrons. The van der Waals surface area contributed by atoms with Gasteiger partial charge in [0.15, 0.2) is 0 Å². The summed E-state index contributed by atoms with van der Waals surface area (Å²) in [6.45, 7) is 7.77. The van der Waals surface area contributed by atoms with Gasteiger partial charge in [-0.15, -0.1) is 0 Å². The van der Waals surface area contributed by atoms with Crippen LogP contribution in [-0.2, 0) is 14.8 Å². The first kappa shape index (κ1) is 16.4. The SMILES string of the molecule is CC(C)OCCS(=O)(=O)N(CCC#N)C(C)C. The van der Waals surface area contributed by atoms with E-state index in [1.807, 2.05) is 19.9 Å². The minimum atomic E-state index is -3.33. The van der Waals surface area contributed by atoms with E-state index in [1.165, 1.54) is 4.31 Å². The van der Waals surface area contributed by atoms with Gasteiger partial charge in [-0.3, -0.25) is 0 Å². The number of hydrogen-bond acceptors (Lipinski definition) is 4. The van der Waals surface area contributed by atoms with Gasteiger partial charge in [0, 0.05) is 19.0 Å². The number of rotatable bonds is 8. The topological polar surface area (TPSA) is 70.4 Å². The van der Waals surface area contributed by atoms with Crippen molar-refractivity contribution >= 4 is 10.0 Å². The molecule has 0 saturated carbocycles. The molecule has 0 aromatic rings. The van der Waals surface area contributed by atoms with Crippen LogP contribution in [0.5, 0.6) is 0 Å². The molecule has 6 heteroatoms. The number of hydrogen-bond donors (Lipinski definition) is 0. The Balaban J connectivity index is 4.46. The fourth-order valence-corrected chi connectivity index (χ4v) is 2.94. The van der Waals surface area contributed by atoms with Gasteiger partial charge in [0.1, 0.15) is 0 Å². The van der Waals surface area contributed by atoms with Gasteiger partial charge in [-0.25, -0.2) is 8.42 Å². The van der Waals surface area contributed by atoms with Crippen molar-refractivity contribution in [3.05, 3.63) is 0 Å². The van der Waals surface area contributed by atoms with Crippen LogP contribution in [0.2, 0.25) is 0 Å². The predicted molar refractivity (Wildman–Crippen MR) is 66.9 cm³/mol. The standard InChI is InChI=1S/C11H22N2O3S/c1-10(2)13(7-5-6-12)17(14,15)9-8-16-11(3)4/h10-11H,5,7-9H2,1-4H3. The predicted octanol–water partition coefficient (Wildman–Crippen LogP) is 1.37. The third-order valence-electron chi connectivity index (χ3n) is 2.17. The lowest BCUT2D eigenvalue weighted by atomic mass is 10.3. The molecule has 0 amide bonds. The van der Waals surface area contributed by atoms with Crippen LogP contribution in [0.4, 0.5) is 0 Å². The number of sulfonamides is 1. The molecule has 0 aliphatic heterocycles. The van der Waals surface area contributed by atoms with Crippen LogP contribution in [0.15, 0.2) is 0 Å². The van der Waals surface area contributed by atoms with Crippen LogP contribution in [-0.4, -0.2) is 43.8 Å². The van der Waals surface area contributed by atoms with Gasteiger partial charge in [0.05, 0.1) is 24.5 Å². The molecule has 0 aliphatic rings. The Morgan fingerprint density at radius 3 is 2.29 bits per heavy atom. The Labute approximate surface area is 104 Å². The summed E-state index contributed by atoms with van der Waals surface area (Å²) in [7, 11) is -3.33. The average molecular weight is 262 g/mol. The van der Waals surface area contributed by atoms with Crippen LogP contribution < -0.4 is 0 Å². The molecule has 0 spiro atoms. The van der Waals surface area contributed by atoms with Gasteiger partial charge in [-0.05, 0) is 27.7 Å². The van der Waals surface area contributed by atoms with E-state index in [-0.39, 0.29) is 37.5 Å². The van der Waals surface area contributed by atoms with Gasteiger partial charge < -0.3 is 4.74 Å². The summed E-state index contributed by atoms with van der Waals surface area (Å²) in [5.41, 5.74) is 0. The van der Waals surface area contributed by atoms with Crippen molar-refractivity contribution in [2.24, 2.45) is 0 Å².